The molecule has 0 aliphatic carbocycles. The van der Waals surface area contributed by atoms with E-state index in [-0.39, 0.29) is 13.0 Å². The van der Waals surface area contributed by atoms with Gasteiger partial charge < -0.3 is 14.6 Å². The molecule has 0 atom stereocenters. The van der Waals surface area contributed by atoms with Crippen molar-refractivity contribution in [3.8, 4) is 22.9 Å². The number of ether oxygens (including phenoxy) is 2. The Morgan fingerprint density at radius 1 is 1.38 bits per heavy atom. The molecule has 0 fully saturated rings. The van der Waals surface area contributed by atoms with Gasteiger partial charge in [0.05, 0.1) is 26.7 Å². The second kappa shape index (κ2) is 6.69. The Morgan fingerprint density at radius 3 is 2.86 bits per heavy atom. The zero-order valence-electron chi connectivity index (χ0n) is 11.8. The van der Waals surface area contributed by atoms with Crippen molar-refractivity contribution in [1.29, 1.82) is 0 Å². The fourth-order valence-electron chi connectivity index (χ4n) is 1.84. The van der Waals surface area contributed by atoms with E-state index in [1.165, 1.54) is 4.68 Å². The summed E-state index contributed by atoms with van der Waals surface area (Å²) in [5.74, 6) is 0.786. The number of carbonyl (C=O) groups is 1. The van der Waals surface area contributed by atoms with E-state index in [1.807, 2.05) is 6.92 Å². The number of rotatable bonds is 7. The molecule has 0 spiro atoms. The maximum Gasteiger partial charge on any atom is 0.305 e. The number of tetrazole rings is 1. The Bertz CT molecular complexity index is 626. The Hall–Kier alpha value is -2.64. The molecule has 21 heavy (non-hydrogen) atoms. The topological polar surface area (TPSA) is 99.4 Å². The van der Waals surface area contributed by atoms with Crippen LogP contribution in [0.15, 0.2) is 18.2 Å². The second-order valence-electron chi connectivity index (χ2n) is 4.17. The van der Waals surface area contributed by atoms with Gasteiger partial charge in [-0.1, -0.05) is 0 Å². The average Bonchev–Trinajstić information content (AvgIpc) is 2.94. The van der Waals surface area contributed by atoms with Crippen LogP contribution in [-0.2, 0) is 11.3 Å². The number of aromatic nitrogens is 4. The molecule has 1 aromatic heterocycles. The van der Waals surface area contributed by atoms with E-state index in [9.17, 15) is 4.79 Å². The van der Waals surface area contributed by atoms with Crippen LogP contribution in [0.5, 0.6) is 11.5 Å². The number of nitrogens with zero attached hydrogens (tertiary/aromatic N) is 4. The summed E-state index contributed by atoms with van der Waals surface area (Å²) in [7, 11) is 1.55. The lowest BCUT2D eigenvalue weighted by Gasteiger charge is -2.10. The van der Waals surface area contributed by atoms with Crippen molar-refractivity contribution in [3.05, 3.63) is 18.2 Å². The Kier molecular flexibility index (Phi) is 4.70. The van der Waals surface area contributed by atoms with Gasteiger partial charge in [0.25, 0.3) is 0 Å². The van der Waals surface area contributed by atoms with E-state index < -0.39 is 5.97 Å². The first-order valence-corrected chi connectivity index (χ1v) is 6.45. The zero-order chi connectivity index (χ0) is 15.2. The van der Waals surface area contributed by atoms with Crippen LogP contribution in [-0.4, -0.2) is 45.0 Å². The first-order chi connectivity index (χ1) is 10.2. The molecule has 0 bridgehead atoms. The van der Waals surface area contributed by atoms with Crippen LogP contribution >= 0.6 is 0 Å². The monoisotopic (exact) mass is 292 g/mol. The zero-order valence-corrected chi connectivity index (χ0v) is 11.8. The number of methoxy groups -OCH3 is 1. The van der Waals surface area contributed by atoms with Gasteiger partial charge in [0.15, 0.2) is 17.3 Å². The Morgan fingerprint density at radius 2 is 2.19 bits per heavy atom. The summed E-state index contributed by atoms with van der Waals surface area (Å²) in [5, 5.41) is 20.0. The molecule has 2 aromatic rings. The fraction of sp³-hybridized carbons (Fsp3) is 0.385. The highest BCUT2D eigenvalue weighted by Crippen LogP contribution is 2.31. The van der Waals surface area contributed by atoms with Crippen molar-refractivity contribution < 1.29 is 19.4 Å². The first kappa shape index (κ1) is 14.8. The third kappa shape index (κ3) is 3.47. The summed E-state index contributed by atoms with van der Waals surface area (Å²) < 4.78 is 12.2. The minimum atomic E-state index is -0.902. The third-order valence-electron chi connectivity index (χ3n) is 2.79. The van der Waals surface area contributed by atoms with Gasteiger partial charge in [-0.3, -0.25) is 4.79 Å². The predicted octanol–water partition coefficient (Wildman–Crippen LogP) is 1.22. The Balaban J connectivity index is 2.30. The molecule has 0 amide bonds. The summed E-state index contributed by atoms with van der Waals surface area (Å²) >= 11 is 0. The third-order valence-corrected chi connectivity index (χ3v) is 2.79. The largest absolute Gasteiger partial charge is 0.493 e. The molecule has 0 saturated heterocycles. The predicted molar refractivity (Wildman–Crippen MR) is 73.2 cm³/mol. The van der Waals surface area contributed by atoms with E-state index in [2.05, 4.69) is 15.5 Å². The molecule has 8 nitrogen and oxygen atoms in total. The van der Waals surface area contributed by atoms with E-state index >= 15 is 0 Å². The van der Waals surface area contributed by atoms with Crippen LogP contribution in [0.2, 0.25) is 0 Å². The summed E-state index contributed by atoms with van der Waals surface area (Å²) in [6.45, 7) is 2.62. The van der Waals surface area contributed by atoms with Gasteiger partial charge in [-0.05, 0) is 35.5 Å². The van der Waals surface area contributed by atoms with Gasteiger partial charge >= 0.3 is 5.97 Å². The van der Waals surface area contributed by atoms with Crippen LogP contribution in [0.25, 0.3) is 11.4 Å². The smallest absolute Gasteiger partial charge is 0.305 e. The number of carboxylic acids is 1. The molecule has 112 valence electrons. The molecule has 2 rings (SSSR count). The lowest BCUT2D eigenvalue weighted by Crippen LogP contribution is -2.08. The van der Waals surface area contributed by atoms with Gasteiger partial charge in [0.2, 0.25) is 0 Å². The fourth-order valence-corrected chi connectivity index (χ4v) is 1.84. The van der Waals surface area contributed by atoms with Gasteiger partial charge in [0, 0.05) is 5.56 Å². The van der Waals surface area contributed by atoms with Crippen LogP contribution < -0.4 is 9.47 Å². The molecule has 0 saturated carbocycles. The normalized spacial score (nSPS) is 10.4. The molecule has 1 aromatic carbocycles. The van der Waals surface area contributed by atoms with Crippen molar-refractivity contribution in [2.45, 2.75) is 19.9 Å². The number of hydrogen-bond acceptors (Lipinski definition) is 6. The molecule has 0 radical (unpaired) electrons. The van der Waals surface area contributed by atoms with E-state index in [4.69, 9.17) is 14.6 Å². The highest BCUT2D eigenvalue weighted by molar-refractivity contribution is 5.67. The van der Waals surface area contributed by atoms with Gasteiger partial charge in [-0.15, -0.1) is 5.10 Å². The standard InChI is InChI=1S/C13H16N4O4/c1-3-21-10-5-4-9(8-11(10)20-2)13-14-15-16-17(13)7-6-12(18)19/h4-5,8H,3,6-7H2,1-2H3,(H,18,19). The van der Waals surface area contributed by atoms with Crippen LogP contribution in [0.4, 0.5) is 0 Å². The molecule has 1 N–H and O–H groups in total. The van der Waals surface area contributed by atoms with Crippen molar-refractivity contribution in [2.24, 2.45) is 0 Å². The van der Waals surface area contributed by atoms with Crippen molar-refractivity contribution in [2.75, 3.05) is 13.7 Å². The van der Waals surface area contributed by atoms with Crippen LogP contribution in [0.3, 0.4) is 0 Å². The minimum absolute atomic E-state index is 0.0494. The molecule has 0 aliphatic rings. The van der Waals surface area contributed by atoms with Gasteiger partial charge in [-0.2, -0.15) is 0 Å². The SMILES string of the molecule is CCOc1ccc(-c2nnnn2CCC(=O)O)cc1OC. The van der Waals surface area contributed by atoms with Crippen LogP contribution in [0, 0.1) is 0 Å². The van der Waals surface area contributed by atoms with Crippen molar-refractivity contribution in [3.63, 3.8) is 0 Å². The van der Waals surface area contributed by atoms with Gasteiger partial charge in [-0.25, -0.2) is 4.68 Å². The number of carboxylic acid groups (broad SMARTS) is 1. The first-order valence-electron chi connectivity index (χ1n) is 6.45. The van der Waals surface area contributed by atoms with E-state index in [0.717, 1.165) is 5.56 Å². The van der Waals surface area contributed by atoms with Crippen LogP contribution in [0.1, 0.15) is 13.3 Å². The number of benzene rings is 1. The molecule has 0 aliphatic heterocycles. The summed E-state index contributed by atoms with van der Waals surface area (Å²) in [6, 6.07) is 5.33. The van der Waals surface area contributed by atoms with E-state index in [1.54, 1.807) is 25.3 Å². The molecule has 1 heterocycles. The van der Waals surface area contributed by atoms with Crippen molar-refractivity contribution >= 4 is 5.97 Å². The van der Waals surface area contributed by atoms with Crippen molar-refractivity contribution in [1.82, 2.24) is 20.2 Å². The maximum absolute atomic E-state index is 10.6. The Labute approximate surface area is 121 Å². The minimum Gasteiger partial charge on any atom is -0.493 e. The second-order valence-corrected chi connectivity index (χ2v) is 4.17. The lowest BCUT2D eigenvalue weighted by molar-refractivity contribution is -0.137. The average molecular weight is 292 g/mol. The quantitative estimate of drug-likeness (QED) is 0.819. The maximum atomic E-state index is 10.6. The highest BCUT2D eigenvalue weighted by Gasteiger charge is 2.13. The molecular formula is C13H16N4O4. The summed E-state index contributed by atoms with van der Waals surface area (Å²) in [6.07, 6.45) is -0.0494. The molecule has 0 unspecified atom stereocenters. The van der Waals surface area contributed by atoms with E-state index in [0.29, 0.717) is 23.9 Å². The highest BCUT2D eigenvalue weighted by atomic mass is 16.5. The molecular weight excluding hydrogens is 276 g/mol. The number of hydrogen-bond donors (Lipinski definition) is 1. The number of aryl methyl sites for hydroxylation is 1. The lowest BCUT2D eigenvalue weighted by atomic mass is 10.2. The number of aliphatic carboxylic acids is 1. The molecule has 8 heteroatoms. The summed E-state index contributed by atoms with van der Waals surface area (Å²) in [5.41, 5.74) is 0.727. The summed E-state index contributed by atoms with van der Waals surface area (Å²) in [4.78, 5) is 10.6. The van der Waals surface area contributed by atoms with Gasteiger partial charge in [0.1, 0.15) is 0 Å².